The molecule has 0 bridgehead atoms. The molecular formula is C14H20BrNO4. The summed E-state index contributed by atoms with van der Waals surface area (Å²) >= 11 is 3.43. The Kier molecular flexibility index (Phi) is 6.29. The van der Waals surface area contributed by atoms with Crippen LogP contribution in [-0.2, 0) is 4.79 Å². The lowest BCUT2D eigenvalue weighted by atomic mass is 10.0. The van der Waals surface area contributed by atoms with E-state index in [-0.39, 0.29) is 18.6 Å². The molecule has 0 saturated carbocycles. The van der Waals surface area contributed by atoms with Crippen LogP contribution >= 0.6 is 15.9 Å². The molecule has 0 aliphatic carbocycles. The maximum Gasteiger partial charge on any atom is 0.303 e. The van der Waals surface area contributed by atoms with Crippen LogP contribution < -0.4 is 15.2 Å². The van der Waals surface area contributed by atoms with E-state index in [0.717, 1.165) is 10.0 Å². The Labute approximate surface area is 127 Å². The van der Waals surface area contributed by atoms with Crippen LogP contribution in [0, 0.1) is 0 Å². The minimum Gasteiger partial charge on any atom is -0.493 e. The van der Waals surface area contributed by atoms with Gasteiger partial charge in [0.15, 0.2) is 11.5 Å². The molecule has 0 radical (unpaired) electrons. The van der Waals surface area contributed by atoms with Crippen molar-refractivity contribution in [3.8, 4) is 11.5 Å². The molecule has 3 N–H and O–H groups in total. The van der Waals surface area contributed by atoms with E-state index in [0.29, 0.717) is 17.9 Å². The van der Waals surface area contributed by atoms with Gasteiger partial charge in [-0.2, -0.15) is 0 Å². The quantitative estimate of drug-likeness (QED) is 0.793. The lowest BCUT2D eigenvalue weighted by molar-refractivity contribution is -0.137. The average Bonchev–Trinajstić information content (AvgIpc) is 2.36. The van der Waals surface area contributed by atoms with E-state index in [1.807, 2.05) is 13.8 Å². The molecule has 20 heavy (non-hydrogen) atoms. The van der Waals surface area contributed by atoms with Gasteiger partial charge < -0.3 is 20.3 Å². The lowest BCUT2D eigenvalue weighted by Crippen LogP contribution is -2.14. The first-order chi connectivity index (χ1) is 9.35. The predicted octanol–water partition coefficient (Wildman–Crippen LogP) is 3.11. The first kappa shape index (κ1) is 16.8. The molecular weight excluding hydrogens is 326 g/mol. The van der Waals surface area contributed by atoms with Crippen LogP contribution in [0.25, 0.3) is 0 Å². The molecule has 0 aliphatic heterocycles. The van der Waals surface area contributed by atoms with Crippen LogP contribution in [-0.4, -0.2) is 24.3 Å². The monoisotopic (exact) mass is 345 g/mol. The number of carbonyl (C=O) groups is 1. The highest BCUT2D eigenvalue weighted by Gasteiger charge is 2.17. The van der Waals surface area contributed by atoms with Crippen LogP contribution in [0.2, 0.25) is 0 Å². The van der Waals surface area contributed by atoms with Gasteiger partial charge in [-0.15, -0.1) is 0 Å². The second-order valence-corrected chi connectivity index (χ2v) is 5.58. The molecule has 112 valence electrons. The zero-order valence-corrected chi connectivity index (χ0v) is 13.4. The summed E-state index contributed by atoms with van der Waals surface area (Å²) < 4.78 is 11.7. The smallest absolute Gasteiger partial charge is 0.303 e. The van der Waals surface area contributed by atoms with E-state index in [1.165, 1.54) is 0 Å². The van der Waals surface area contributed by atoms with Crippen molar-refractivity contribution in [1.82, 2.24) is 0 Å². The zero-order chi connectivity index (χ0) is 15.3. The van der Waals surface area contributed by atoms with Gasteiger partial charge in [0.2, 0.25) is 0 Å². The number of carboxylic acids is 1. The number of rotatable bonds is 7. The summed E-state index contributed by atoms with van der Waals surface area (Å²) in [4.78, 5) is 10.6. The Morgan fingerprint density at radius 1 is 1.40 bits per heavy atom. The first-order valence-electron chi connectivity index (χ1n) is 6.36. The van der Waals surface area contributed by atoms with Crippen molar-refractivity contribution in [2.24, 2.45) is 5.73 Å². The molecule has 1 rings (SSSR count). The number of halogens is 1. The van der Waals surface area contributed by atoms with Crippen LogP contribution in [0.3, 0.4) is 0 Å². The fraction of sp³-hybridized carbons (Fsp3) is 0.500. The van der Waals surface area contributed by atoms with Gasteiger partial charge in [-0.25, -0.2) is 0 Å². The summed E-state index contributed by atoms with van der Waals surface area (Å²) in [5.41, 5.74) is 6.85. The van der Waals surface area contributed by atoms with Crippen molar-refractivity contribution in [1.29, 1.82) is 0 Å². The van der Waals surface area contributed by atoms with Gasteiger partial charge in [0.25, 0.3) is 0 Å². The van der Waals surface area contributed by atoms with E-state index in [9.17, 15) is 4.79 Å². The van der Waals surface area contributed by atoms with E-state index in [1.54, 1.807) is 19.2 Å². The summed E-state index contributed by atoms with van der Waals surface area (Å²) in [7, 11) is 1.57. The number of benzene rings is 1. The third-order valence-corrected chi connectivity index (χ3v) is 3.40. The van der Waals surface area contributed by atoms with Gasteiger partial charge in [-0.05, 0) is 38.0 Å². The van der Waals surface area contributed by atoms with Crippen molar-refractivity contribution in [3.63, 3.8) is 0 Å². The predicted molar refractivity (Wildman–Crippen MR) is 80.3 cm³/mol. The molecule has 1 aromatic carbocycles. The van der Waals surface area contributed by atoms with Crippen molar-refractivity contribution >= 4 is 21.9 Å². The highest BCUT2D eigenvalue weighted by molar-refractivity contribution is 9.10. The third kappa shape index (κ3) is 4.68. The zero-order valence-electron chi connectivity index (χ0n) is 11.9. The molecule has 0 heterocycles. The minimum atomic E-state index is -0.858. The molecule has 1 unspecified atom stereocenters. The van der Waals surface area contributed by atoms with Gasteiger partial charge >= 0.3 is 5.97 Å². The molecule has 0 amide bonds. The molecule has 0 saturated heterocycles. The third-order valence-electron chi connectivity index (χ3n) is 2.71. The van der Waals surface area contributed by atoms with Crippen LogP contribution in [0.15, 0.2) is 16.6 Å². The van der Waals surface area contributed by atoms with Gasteiger partial charge in [0.1, 0.15) is 0 Å². The molecule has 0 spiro atoms. The van der Waals surface area contributed by atoms with Gasteiger partial charge in [0, 0.05) is 16.9 Å². The maximum absolute atomic E-state index is 10.6. The van der Waals surface area contributed by atoms with Crippen molar-refractivity contribution < 1.29 is 19.4 Å². The number of ether oxygens (including phenoxy) is 2. The number of carboxylic acid groups (broad SMARTS) is 1. The number of hydrogen-bond acceptors (Lipinski definition) is 4. The fourth-order valence-corrected chi connectivity index (χ4v) is 2.39. The Morgan fingerprint density at radius 3 is 2.55 bits per heavy atom. The second-order valence-electron chi connectivity index (χ2n) is 4.73. The highest BCUT2D eigenvalue weighted by Crippen LogP contribution is 2.37. The van der Waals surface area contributed by atoms with Crippen molar-refractivity contribution in [2.45, 2.75) is 38.8 Å². The normalized spacial score (nSPS) is 12.3. The molecule has 0 aromatic heterocycles. The van der Waals surface area contributed by atoms with Crippen LogP contribution in [0.4, 0.5) is 0 Å². The van der Waals surface area contributed by atoms with Crippen LogP contribution in [0.1, 0.15) is 38.3 Å². The van der Waals surface area contributed by atoms with E-state index in [2.05, 4.69) is 15.9 Å². The lowest BCUT2D eigenvalue weighted by Gasteiger charge is -2.19. The topological polar surface area (TPSA) is 81.8 Å². The Bertz CT molecular complexity index is 476. The Morgan fingerprint density at radius 2 is 2.05 bits per heavy atom. The molecule has 0 fully saturated rings. The van der Waals surface area contributed by atoms with Gasteiger partial charge in [-0.1, -0.05) is 15.9 Å². The van der Waals surface area contributed by atoms with E-state index < -0.39 is 5.97 Å². The number of aliphatic carboxylic acids is 1. The summed E-state index contributed by atoms with van der Waals surface area (Å²) in [5.74, 6) is 0.356. The second kappa shape index (κ2) is 7.50. The average molecular weight is 346 g/mol. The molecule has 1 atom stereocenters. The summed E-state index contributed by atoms with van der Waals surface area (Å²) in [6.07, 6.45) is 0.398. The number of nitrogens with two attached hydrogens (primary N) is 1. The van der Waals surface area contributed by atoms with Gasteiger partial charge in [0.05, 0.1) is 13.2 Å². The fourth-order valence-electron chi connectivity index (χ4n) is 1.78. The van der Waals surface area contributed by atoms with Crippen molar-refractivity contribution in [3.05, 3.63) is 22.2 Å². The Balaban J connectivity index is 3.03. The standard InChI is InChI=1S/C14H20BrNO4/c1-8(2)20-13-6-9(10(15)7-12(13)19-3)11(16)4-5-14(17)18/h6-8,11H,4-5,16H2,1-3H3,(H,17,18). The molecule has 0 aliphatic rings. The van der Waals surface area contributed by atoms with Crippen molar-refractivity contribution in [2.75, 3.05) is 7.11 Å². The molecule has 5 nitrogen and oxygen atoms in total. The van der Waals surface area contributed by atoms with E-state index >= 15 is 0 Å². The largest absolute Gasteiger partial charge is 0.493 e. The highest BCUT2D eigenvalue weighted by atomic mass is 79.9. The minimum absolute atomic E-state index is 0.00756. The number of hydrogen-bond donors (Lipinski definition) is 2. The Hall–Kier alpha value is -1.27. The molecule has 1 aromatic rings. The van der Waals surface area contributed by atoms with E-state index in [4.69, 9.17) is 20.3 Å². The summed E-state index contributed by atoms with van der Waals surface area (Å²) in [5, 5.41) is 8.72. The summed E-state index contributed by atoms with van der Waals surface area (Å²) in [6, 6.07) is 3.21. The van der Waals surface area contributed by atoms with Gasteiger partial charge in [-0.3, -0.25) is 4.79 Å². The first-order valence-corrected chi connectivity index (χ1v) is 7.16. The SMILES string of the molecule is COc1cc(Br)c(C(N)CCC(=O)O)cc1OC(C)C. The van der Waals surface area contributed by atoms with Crippen LogP contribution in [0.5, 0.6) is 11.5 Å². The maximum atomic E-state index is 10.6. The molecule has 6 heteroatoms. The summed E-state index contributed by atoms with van der Waals surface area (Å²) in [6.45, 7) is 3.84. The number of methoxy groups -OCH3 is 1.